The summed E-state index contributed by atoms with van der Waals surface area (Å²) in [4.78, 5) is 16.0. The third kappa shape index (κ3) is 7.03. The van der Waals surface area contributed by atoms with Gasteiger partial charge in [0.1, 0.15) is 13.2 Å². The zero-order chi connectivity index (χ0) is 18.7. The molecule has 26 heavy (non-hydrogen) atoms. The summed E-state index contributed by atoms with van der Waals surface area (Å²) in [6, 6.07) is 0. The van der Waals surface area contributed by atoms with Crippen LogP contribution >= 0.6 is 0 Å². The molecule has 7 heteroatoms. The molecule has 0 bridgehead atoms. The monoisotopic (exact) mass is 375 g/mol. The van der Waals surface area contributed by atoms with Crippen LogP contribution in [0, 0.1) is 16.0 Å². The van der Waals surface area contributed by atoms with Gasteiger partial charge >= 0.3 is 0 Å². The number of hydrogen-bond acceptors (Lipinski definition) is 6. The lowest BCUT2D eigenvalue weighted by atomic mass is 9.84. The highest BCUT2D eigenvalue weighted by Crippen LogP contribution is 2.31. The van der Waals surface area contributed by atoms with E-state index in [9.17, 15) is 5.21 Å². The van der Waals surface area contributed by atoms with Crippen LogP contribution in [0.1, 0.15) is 58.8 Å². The number of ether oxygens (including phenoxy) is 2. The highest BCUT2D eigenvalue weighted by atomic mass is 17.2. The van der Waals surface area contributed by atoms with Gasteiger partial charge in [-0.25, -0.2) is 19.8 Å². The van der Waals surface area contributed by atoms with E-state index in [0.29, 0.717) is 26.4 Å². The second-order valence-electron chi connectivity index (χ2n) is 7.96. The molecule has 7 nitrogen and oxygen atoms in total. The minimum absolute atomic E-state index is 0.0775. The molecule has 2 heterocycles. The molecule has 0 aromatic carbocycles. The molecule has 2 aliphatic rings. The summed E-state index contributed by atoms with van der Waals surface area (Å²) in [6.45, 7) is 9.55. The maximum Gasteiger partial charge on any atom is 0.117 e. The quantitative estimate of drug-likeness (QED) is 0.253. The minimum Gasteiger partial charge on any atom is -0.600 e. The minimum atomic E-state index is -0.0775. The fraction of sp³-hybridized carbons (Fsp3) is 1.00. The van der Waals surface area contributed by atoms with Crippen LogP contribution in [-0.2, 0) is 24.1 Å². The average molecular weight is 376 g/mol. The van der Waals surface area contributed by atoms with Crippen molar-refractivity contribution >= 4 is 0 Å². The Morgan fingerprint density at radius 2 is 1.38 bits per heavy atom. The van der Waals surface area contributed by atoms with Crippen LogP contribution < -0.4 is 5.23 Å². The summed E-state index contributed by atoms with van der Waals surface area (Å²) < 4.78 is 10.5. The summed E-state index contributed by atoms with van der Waals surface area (Å²) in [5.74, 6) is 0. The number of hydrogen-bond donors (Lipinski definition) is 1. The SMILES string of the molecule is CCC1(COOCCCCCCC[NH+]([O-])OCC2(CC)COC2)COC1. The third-order valence-electron chi connectivity index (χ3n) is 5.73. The first kappa shape index (κ1) is 22.0. The van der Waals surface area contributed by atoms with Gasteiger partial charge in [0.15, 0.2) is 0 Å². The largest absolute Gasteiger partial charge is 0.600 e. The number of unbranched alkanes of at least 4 members (excludes halogenated alkanes) is 4. The normalized spacial score (nSPS) is 21.8. The van der Waals surface area contributed by atoms with Gasteiger partial charge in [0.05, 0.1) is 39.6 Å². The summed E-state index contributed by atoms with van der Waals surface area (Å²) in [5.41, 5.74) is 0.261. The van der Waals surface area contributed by atoms with Crippen molar-refractivity contribution in [2.24, 2.45) is 10.8 Å². The molecule has 2 saturated heterocycles. The molecular weight excluding hydrogens is 338 g/mol. The van der Waals surface area contributed by atoms with Crippen molar-refractivity contribution in [3.8, 4) is 0 Å². The van der Waals surface area contributed by atoms with E-state index in [1.54, 1.807) is 0 Å². The zero-order valence-corrected chi connectivity index (χ0v) is 16.6. The van der Waals surface area contributed by atoms with Crippen molar-refractivity contribution in [2.75, 3.05) is 52.8 Å². The van der Waals surface area contributed by atoms with Gasteiger partial charge in [0.2, 0.25) is 0 Å². The maximum atomic E-state index is 11.8. The van der Waals surface area contributed by atoms with E-state index in [4.69, 9.17) is 24.1 Å². The molecule has 0 aliphatic carbocycles. The van der Waals surface area contributed by atoms with Crippen LogP contribution in [0.2, 0.25) is 0 Å². The van der Waals surface area contributed by atoms with Gasteiger partial charge in [-0.05, 0) is 32.1 Å². The molecule has 2 fully saturated rings. The van der Waals surface area contributed by atoms with Crippen molar-refractivity contribution in [1.29, 1.82) is 0 Å². The number of rotatable bonds is 16. The first-order valence-corrected chi connectivity index (χ1v) is 10.2. The fourth-order valence-corrected chi connectivity index (χ4v) is 3.05. The number of nitrogens with one attached hydrogen (secondary N) is 1. The van der Waals surface area contributed by atoms with Gasteiger partial charge in [-0.2, -0.15) is 0 Å². The molecule has 0 aromatic rings. The molecule has 2 rings (SSSR count). The van der Waals surface area contributed by atoms with Crippen molar-refractivity contribution in [3.05, 3.63) is 5.21 Å². The summed E-state index contributed by atoms with van der Waals surface area (Å²) >= 11 is 0. The Balaban J connectivity index is 1.33. The van der Waals surface area contributed by atoms with Crippen molar-refractivity contribution in [2.45, 2.75) is 58.8 Å². The van der Waals surface area contributed by atoms with Crippen LogP contribution in [0.4, 0.5) is 0 Å². The standard InChI is InChI=1S/C19H37NO6/c1-3-18(12-22-13-18)16-24-20(21)10-8-6-5-7-9-11-25-26-17-19(4-2)14-23-15-19/h20H,3-17H2,1-2H3. The average Bonchev–Trinajstić information content (AvgIpc) is 2.58. The Bertz CT molecular complexity index is 362. The van der Waals surface area contributed by atoms with E-state index in [1.165, 1.54) is 0 Å². The lowest BCUT2D eigenvalue weighted by molar-refractivity contribution is -1.05. The van der Waals surface area contributed by atoms with Crippen LogP contribution in [0.5, 0.6) is 0 Å². The van der Waals surface area contributed by atoms with E-state index >= 15 is 0 Å². The molecule has 0 amide bonds. The second-order valence-corrected chi connectivity index (χ2v) is 7.96. The zero-order valence-electron chi connectivity index (χ0n) is 16.6. The Labute approximate surface area is 157 Å². The van der Waals surface area contributed by atoms with E-state index in [2.05, 4.69) is 13.8 Å². The molecule has 2 aliphatic heterocycles. The highest BCUT2D eigenvalue weighted by molar-refractivity contribution is 4.84. The summed E-state index contributed by atoms with van der Waals surface area (Å²) in [6.07, 6.45) is 7.19. The van der Waals surface area contributed by atoms with E-state index in [0.717, 1.165) is 71.4 Å². The predicted molar refractivity (Wildman–Crippen MR) is 97.2 cm³/mol. The van der Waals surface area contributed by atoms with Gasteiger partial charge < -0.3 is 14.7 Å². The summed E-state index contributed by atoms with van der Waals surface area (Å²) in [5, 5.41) is 11.7. The van der Waals surface area contributed by atoms with Crippen LogP contribution in [0.25, 0.3) is 0 Å². The Morgan fingerprint density at radius 1 is 0.808 bits per heavy atom. The van der Waals surface area contributed by atoms with E-state index in [1.807, 2.05) is 0 Å². The van der Waals surface area contributed by atoms with Crippen molar-refractivity contribution in [3.63, 3.8) is 0 Å². The Morgan fingerprint density at radius 3 is 1.96 bits per heavy atom. The second kappa shape index (κ2) is 11.5. The van der Waals surface area contributed by atoms with Crippen LogP contribution in [0.15, 0.2) is 0 Å². The molecule has 1 N–H and O–H groups in total. The first-order valence-electron chi connectivity index (χ1n) is 10.2. The molecule has 154 valence electrons. The maximum absolute atomic E-state index is 11.8. The molecule has 0 saturated carbocycles. The van der Waals surface area contributed by atoms with Crippen molar-refractivity contribution in [1.82, 2.24) is 0 Å². The van der Waals surface area contributed by atoms with Gasteiger partial charge in [0.25, 0.3) is 0 Å². The molecule has 1 unspecified atom stereocenters. The van der Waals surface area contributed by atoms with Crippen molar-refractivity contribution < 1.29 is 29.3 Å². The van der Waals surface area contributed by atoms with Gasteiger partial charge in [-0.1, -0.05) is 26.7 Å². The molecule has 1 atom stereocenters. The smallest absolute Gasteiger partial charge is 0.117 e. The number of hydroxylamine groups is 2. The van der Waals surface area contributed by atoms with Gasteiger partial charge in [-0.3, -0.25) is 0 Å². The van der Waals surface area contributed by atoms with E-state index < -0.39 is 0 Å². The lowest BCUT2D eigenvalue weighted by Crippen LogP contribution is -3.06. The summed E-state index contributed by atoms with van der Waals surface area (Å²) in [7, 11) is 0. The van der Waals surface area contributed by atoms with Crippen LogP contribution in [-0.4, -0.2) is 52.8 Å². The van der Waals surface area contributed by atoms with Crippen LogP contribution in [0.3, 0.4) is 0 Å². The molecule has 0 spiro atoms. The Hall–Kier alpha value is -0.280. The topological polar surface area (TPSA) is 73.7 Å². The number of quaternary nitrogens is 1. The highest BCUT2D eigenvalue weighted by Gasteiger charge is 2.38. The molecular formula is C19H37NO6. The third-order valence-corrected chi connectivity index (χ3v) is 5.73. The lowest BCUT2D eigenvalue weighted by Gasteiger charge is -2.40. The van der Waals surface area contributed by atoms with E-state index in [-0.39, 0.29) is 16.1 Å². The Kier molecular flexibility index (Phi) is 9.77. The molecule has 0 radical (unpaired) electrons. The first-order chi connectivity index (χ1) is 12.6. The fourth-order valence-electron chi connectivity index (χ4n) is 3.05. The molecule has 0 aromatic heterocycles. The van der Waals surface area contributed by atoms with Gasteiger partial charge in [0, 0.05) is 10.8 Å². The predicted octanol–water partition coefficient (Wildman–Crippen LogP) is 2.05. The van der Waals surface area contributed by atoms with Gasteiger partial charge in [-0.15, -0.1) is 0 Å².